The van der Waals surface area contributed by atoms with Crippen LogP contribution in [0.5, 0.6) is 0 Å². The molecule has 9 nitrogen and oxygen atoms in total. The Labute approximate surface area is 199 Å². The van der Waals surface area contributed by atoms with Crippen LogP contribution in [0.4, 0.5) is 23.2 Å². The molecule has 0 aliphatic heterocycles. The molecule has 34 heavy (non-hydrogen) atoms. The van der Waals surface area contributed by atoms with E-state index in [-0.39, 0.29) is 11.4 Å². The van der Waals surface area contributed by atoms with Gasteiger partial charge in [-0.3, -0.25) is 10.1 Å². The summed E-state index contributed by atoms with van der Waals surface area (Å²) in [5.74, 6) is -3.48. The zero-order valence-electron chi connectivity index (χ0n) is 17.4. The number of aliphatic carboxylic acids is 1. The molecule has 0 heterocycles. The fourth-order valence-corrected chi connectivity index (χ4v) is 4.73. The number of ether oxygens (including phenoxy) is 1. The Hall–Kier alpha value is -2.62. The average Bonchev–Trinajstić information content (AvgIpc) is 2.72. The van der Waals surface area contributed by atoms with Crippen molar-refractivity contribution in [3.8, 4) is 0 Å². The summed E-state index contributed by atoms with van der Waals surface area (Å²) in [5, 5.41) is 20.4. The van der Waals surface area contributed by atoms with Gasteiger partial charge in [-0.25, -0.2) is 17.6 Å². The summed E-state index contributed by atoms with van der Waals surface area (Å²) >= 11 is 3.04. The minimum Gasteiger partial charge on any atom is -0.479 e. The van der Waals surface area contributed by atoms with Crippen LogP contribution in [0.15, 0.2) is 51.8 Å². The topological polar surface area (TPSA) is 136 Å². The van der Waals surface area contributed by atoms with Crippen molar-refractivity contribution in [2.24, 2.45) is 0 Å². The van der Waals surface area contributed by atoms with Crippen molar-refractivity contribution < 1.29 is 45.5 Å². The van der Waals surface area contributed by atoms with Gasteiger partial charge in [0.15, 0.2) is 4.90 Å². The van der Waals surface area contributed by atoms with E-state index in [1.165, 1.54) is 18.2 Å². The number of sulfonamides is 1. The van der Waals surface area contributed by atoms with E-state index in [2.05, 4.69) is 20.7 Å². The third kappa shape index (κ3) is 5.54. The molecule has 2 aromatic rings. The number of nitrogens with one attached hydrogen (secondary N) is 1. The first-order chi connectivity index (χ1) is 15.4. The first kappa shape index (κ1) is 27.6. The van der Waals surface area contributed by atoms with Crippen LogP contribution in [0.1, 0.15) is 19.4 Å². The molecule has 15 heteroatoms. The molecule has 0 aliphatic rings. The normalized spacial score (nSPS) is 15.9. The molecule has 0 spiro atoms. The number of rotatable bonds is 9. The van der Waals surface area contributed by atoms with Gasteiger partial charge in [0.1, 0.15) is 5.82 Å². The van der Waals surface area contributed by atoms with Crippen molar-refractivity contribution in [2.45, 2.75) is 36.1 Å². The largest absolute Gasteiger partial charge is 0.479 e. The molecule has 0 aromatic heterocycles. The lowest BCUT2D eigenvalue weighted by molar-refractivity contribution is -0.387. The van der Waals surface area contributed by atoms with Crippen LogP contribution in [0.25, 0.3) is 0 Å². The minimum absolute atomic E-state index is 0.205. The van der Waals surface area contributed by atoms with Gasteiger partial charge in [0, 0.05) is 16.1 Å². The Balaban J connectivity index is 2.65. The van der Waals surface area contributed by atoms with Gasteiger partial charge in [0.2, 0.25) is 10.0 Å². The second-order valence-corrected chi connectivity index (χ2v) is 9.98. The third-order valence-corrected chi connectivity index (χ3v) is 6.97. The van der Waals surface area contributed by atoms with E-state index in [1.54, 1.807) is 0 Å². The molecular formula is C19H17BrF4N2O7S. The van der Waals surface area contributed by atoms with Crippen LogP contribution in [0, 0.1) is 15.9 Å². The molecule has 0 radical (unpaired) electrons. The van der Waals surface area contributed by atoms with Gasteiger partial charge < -0.3 is 9.84 Å². The molecule has 2 N–H and O–H groups in total. The Morgan fingerprint density at radius 1 is 1.21 bits per heavy atom. The predicted octanol–water partition coefficient (Wildman–Crippen LogP) is 4.11. The van der Waals surface area contributed by atoms with Gasteiger partial charge >= 0.3 is 12.1 Å². The second kappa shape index (κ2) is 9.56. The Morgan fingerprint density at radius 2 is 1.79 bits per heavy atom. The number of carbonyl (C=O) groups is 1. The van der Waals surface area contributed by atoms with E-state index in [0.29, 0.717) is 0 Å². The molecule has 0 unspecified atom stereocenters. The number of carboxylic acid groups (broad SMARTS) is 1. The Kier molecular flexibility index (Phi) is 7.77. The number of hydrogen-bond donors (Lipinski definition) is 2. The summed E-state index contributed by atoms with van der Waals surface area (Å²) in [6.45, 7) is -0.158. The zero-order chi connectivity index (χ0) is 26.1. The van der Waals surface area contributed by atoms with Crippen molar-refractivity contribution in [3.63, 3.8) is 0 Å². The molecule has 0 saturated carbocycles. The first-order valence-corrected chi connectivity index (χ1v) is 11.4. The van der Waals surface area contributed by atoms with Gasteiger partial charge in [-0.1, -0.05) is 28.1 Å². The van der Waals surface area contributed by atoms with Crippen LogP contribution in [0.2, 0.25) is 0 Å². The second-order valence-electron chi connectivity index (χ2n) is 7.41. The van der Waals surface area contributed by atoms with E-state index >= 15 is 0 Å². The Bertz CT molecular complexity index is 1230. The first-order valence-electron chi connectivity index (χ1n) is 9.11. The highest BCUT2D eigenvalue weighted by molar-refractivity contribution is 9.10. The summed E-state index contributed by atoms with van der Waals surface area (Å²) in [7, 11) is -4.88. The summed E-state index contributed by atoms with van der Waals surface area (Å²) in [6, 6.07) is 7.27. The van der Waals surface area contributed by atoms with E-state index < -0.39 is 66.8 Å². The molecule has 0 amide bonds. The maximum absolute atomic E-state index is 14.7. The van der Waals surface area contributed by atoms with E-state index in [0.717, 1.165) is 31.2 Å². The van der Waals surface area contributed by atoms with Crippen molar-refractivity contribution in [3.05, 3.63) is 68.4 Å². The average molecular weight is 573 g/mol. The fraction of sp³-hybridized carbons (Fsp3) is 0.316. The number of hydrogen-bond acceptors (Lipinski definition) is 6. The number of carboxylic acids is 1. The molecule has 0 bridgehead atoms. The number of benzene rings is 2. The quantitative estimate of drug-likeness (QED) is 0.262. The molecular weight excluding hydrogens is 556 g/mol. The maximum Gasteiger partial charge on any atom is 0.428 e. The molecule has 0 fully saturated rings. The van der Waals surface area contributed by atoms with Gasteiger partial charge in [-0.15, -0.1) is 0 Å². The highest BCUT2D eigenvalue weighted by Crippen LogP contribution is 2.37. The SMILES string of the molecule is C[C@@](CO[C@](C)(C(=O)O)C(F)(F)F)(NS(=O)(=O)c1ccccc1[N+](=O)[O-])c1cc(Br)ccc1F. The van der Waals surface area contributed by atoms with E-state index in [1.807, 2.05) is 4.72 Å². The molecule has 0 saturated heterocycles. The van der Waals surface area contributed by atoms with Gasteiger partial charge in [-0.05, 0) is 38.1 Å². The zero-order valence-corrected chi connectivity index (χ0v) is 19.8. The summed E-state index contributed by atoms with van der Waals surface area (Å²) in [6.07, 6.45) is -5.42. The monoisotopic (exact) mass is 572 g/mol. The predicted molar refractivity (Wildman–Crippen MR) is 113 cm³/mol. The number of nitro groups is 1. The van der Waals surface area contributed by atoms with Gasteiger partial charge in [0.05, 0.1) is 17.1 Å². The summed E-state index contributed by atoms with van der Waals surface area (Å²) in [5.41, 5.74) is -7.49. The van der Waals surface area contributed by atoms with Gasteiger partial charge in [0.25, 0.3) is 11.3 Å². The van der Waals surface area contributed by atoms with Crippen LogP contribution in [-0.2, 0) is 25.1 Å². The molecule has 2 aromatic carbocycles. The molecule has 2 rings (SSSR count). The lowest BCUT2D eigenvalue weighted by atomic mass is 9.93. The highest BCUT2D eigenvalue weighted by Gasteiger charge is 2.59. The minimum atomic E-state index is -5.42. The van der Waals surface area contributed by atoms with Gasteiger partial charge in [-0.2, -0.15) is 17.9 Å². The number of nitrogens with zero attached hydrogens (tertiary/aromatic N) is 1. The summed E-state index contributed by atoms with van der Waals surface area (Å²) < 4.78 is 87.9. The lowest BCUT2D eigenvalue weighted by Gasteiger charge is -2.35. The van der Waals surface area contributed by atoms with Crippen molar-refractivity contribution in [2.75, 3.05) is 6.61 Å². The van der Waals surface area contributed by atoms with Crippen LogP contribution >= 0.6 is 15.9 Å². The highest BCUT2D eigenvalue weighted by atomic mass is 79.9. The molecule has 0 aliphatic carbocycles. The van der Waals surface area contributed by atoms with Crippen molar-refractivity contribution in [1.82, 2.24) is 4.72 Å². The summed E-state index contributed by atoms with van der Waals surface area (Å²) in [4.78, 5) is 20.8. The van der Waals surface area contributed by atoms with Crippen LogP contribution in [-0.4, -0.2) is 42.8 Å². The maximum atomic E-state index is 14.7. The number of alkyl halides is 3. The van der Waals surface area contributed by atoms with E-state index in [4.69, 9.17) is 5.11 Å². The number of nitro benzene ring substituents is 1. The number of halogens is 5. The van der Waals surface area contributed by atoms with Crippen molar-refractivity contribution in [1.29, 1.82) is 0 Å². The van der Waals surface area contributed by atoms with Crippen LogP contribution < -0.4 is 4.72 Å². The molecule has 2 atom stereocenters. The van der Waals surface area contributed by atoms with E-state index in [9.17, 15) is 40.9 Å². The Morgan fingerprint density at radius 3 is 2.32 bits per heavy atom. The third-order valence-electron chi connectivity index (χ3n) is 4.83. The standard InChI is InChI=1S/C19H17BrF4N2O7S/c1-17(12-9-11(20)7-8-13(12)21,10-33-18(2,16(27)28)19(22,23)24)25-34(31,32)15-6-4-3-5-14(15)26(29)30/h3-9,25H,10H2,1-2H3,(H,27,28)/t17-,18+/m0/s1. The van der Waals surface area contributed by atoms with Crippen LogP contribution in [0.3, 0.4) is 0 Å². The van der Waals surface area contributed by atoms with Crippen molar-refractivity contribution >= 4 is 37.6 Å². The smallest absolute Gasteiger partial charge is 0.428 e. The molecule has 186 valence electrons. The fourth-order valence-electron chi connectivity index (χ4n) is 2.82. The lowest BCUT2D eigenvalue weighted by Crippen LogP contribution is -2.56. The number of para-hydroxylation sites is 1.